The van der Waals surface area contributed by atoms with Gasteiger partial charge in [0.05, 0.1) is 21.3 Å². The number of guanidine groups is 1. The van der Waals surface area contributed by atoms with E-state index in [1.165, 1.54) is 0 Å². The maximum absolute atomic E-state index is 7.33. The van der Waals surface area contributed by atoms with Crippen molar-refractivity contribution < 1.29 is 0 Å². The Bertz CT molecular complexity index is 865. The molecule has 1 heterocycles. The Kier molecular flexibility index (Phi) is 3.83. The number of fused-ring (bicyclic) bond motifs is 1. The third kappa shape index (κ3) is 2.81. The Hall–Kier alpha value is -2.37. The standard InChI is InChI=1S/C15H11Cl2N5/c16-10-6-9-12(7-11(10)17)20-15(22-14(18)19)21-13(9)8-4-2-1-3-5-8/h1-7H,(H4,18,19,20,21,22). The summed E-state index contributed by atoms with van der Waals surface area (Å²) in [4.78, 5) is 8.75. The van der Waals surface area contributed by atoms with Gasteiger partial charge in [-0.3, -0.25) is 10.7 Å². The Morgan fingerprint density at radius 3 is 2.41 bits per heavy atom. The van der Waals surface area contributed by atoms with Crippen molar-refractivity contribution in [1.29, 1.82) is 5.41 Å². The van der Waals surface area contributed by atoms with Gasteiger partial charge in [0.2, 0.25) is 5.95 Å². The molecular weight excluding hydrogens is 321 g/mol. The quantitative estimate of drug-likeness (QED) is 0.490. The van der Waals surface area contributed by atoms with Crippen molar-refractivity contribution in [3.63, 3.8) is 0 Å². The number of aromatic nitrogens is 2. The maximum Gasteiger partial charge on any atom is 0.230 e. The SMILES string of the molecule is N=C(N)Nc1nc(-c2ccccc2)c2cc(Cl)c(Cl)cc2n1. The average Bonchev–Trinajstić information content (AvgIpc) is 2.48. The van der Waals surface area contributed by atoms with E-state index >= 15 is 0 Å². The molecule has 4 N–H and O–H groups in total. The Morgan fingerprint density at radius 2 is 1.73 bits per heavy atom. The highest BCUT2D eigenvalue weighted by atomic mass is 35.5. The van der Waals surface area contributed by atoms with Crippen molar-refractivity contribution in [3.8, 4) is 11.3 Å². The number of benzene rings is 2. The van der Waals surface area contributed by atoms with Crippen LogP contribution in [0.15, 0.2) is 42.5 Å². The Balaban J connectivity index is 2.31. The van der Waals surface area contributed by atoms with Crippen molar-refractivity contribution in [2.24, 2.45) is 5.73 Å². The fourth-order valence-corrected chi connectivity index (χ4v) is 2.44. The van der Waals surface area contributed by atoms with Crippen LogP contribution in [0.2, 0.25) is 10.0 Å². The van der Waals surface area contributed by atoms with Gasteiger partial charge in [-0.05, 0) is 12.1 Å². The Labute approximate surface area is 136 Å². The molecule has 0 spiro atoms. The zero-order chi connectivity index (χ0) is 15.7. The topological polar surface area (TPSA) is 87.7 Å². The first kappa shape index (κ1) is 14.6. The molecule has 0 fully saturated rings. The lowest BCUT2D eigenvalue weighted by Crippen LogP contribution is -2.22. The van der Waals surface area contributed by atoms with E-state index in [0.717, 1.165) is 10.9 Å². The second-order valence-corrected chi connectivity index (χ2v) is 5.40. The van der Waals surface area contributed by atoms with Gasteiger partial charge in [0, 0.05) is 10.9 Å². The minimum Gasteiger partial charge on any atom is -0.370 e. The van der Waals surface area contributed by atoms with E-state index in [-0.39, 0.29) is 11.9 Å². The molecule has 0 saturated heterocycles. The van der Waals surface area contributed by atoms with Gasteiger partial charge in [0.1, 0.15) is 0 Å². The van der Waals surface area contributed by atoms with Gasteiger partial charge < -0.3 is 5.73 Å². The van der Waals surface area contributed by atoms with Crippen LogP contribution in [0.5, 0.6) is 0 Å². The molecule has 2 aromatic carbocycles. The van der Waals surface area contributed by atoms with Crippen LogP contribution in [-0.4, -0.2) is 15.9 Å². The van der Waals surface area contributed by atoms with Crippen LogP contribution in [-0.2, 0) is 0 Å². The number of nitrogens with zero attached hydrogens (tertiary/aromatic N) is 2. The van der Waals surface area contributed by atoms with Gasteiger partial charge in [-0.2, -0.15) is 0 Å². The molecule has 22 heavy (non-hydrogen) atoms. The van der Waals surface area contributed by atoms with Gasteiger partial charge in [0.25, 0.3) is 0 Å². The first-order chi connectivity index (χ1) is 10.5. The van der Waals surface area contributed by atoms with Crippen LogP contribution in [0.3, 0.4) is 0 Å². The summed E-state index contributed by atoms with van der Waals surface area (Å²) >= 11 is 12.2. The van der Waals surface area contributed by atoms with Gasteiger partial charge in [-0.1, -0.05) is 53.5 Å². The molecule has 0 bridgehead atoms. The number of anilines is 1. The third-order valence-electron chi connectivity index (χ3n) is 3.03. The van der Waals surface area contributed by atoms with Gasteiger partial charge in [-0.25, -0.2) is 9.97 Å². The molecule has 0 aliphatic carbocycles. The molecule has 0 radical (unpaired) electrons. The van der Waals surface area contributed by atoms with Crippen molar-refractivity contribution in [2.45, 2.75) is 0 Å². The minimum atomic E-state index is -0.238. The van der Waals surface area contributed by atoms with Crippen molar-refractivity contribution >= 4 is 46.0 Å². The van der Waals surface area contributed by atoms with Crippen LogP contribution in [0.25, 0.3) is 22.2 Å². The highest BCUT2D eigenvalue weighted by Crippen LogP contribution is 2.33. The van der Waals surface area contributed by atoms with Crippen LogP contribution in [0.4, 0.5) is 5.95 Å². The predicted octanol–water partition coefficient (Wildman–Crippen LogP) is 3.91. The van der Waals surface area contributed by atoms with Gasteiger partial charge in [-0.15, -0.1) is 0 Å². The fraction of sp³-hybridized carbons (Fsp3) is 0. The highest BCUT2D eigenvalue weighted by molar-refractivity contribution is 6.42. The number of nitrogens with two attached hydrogens (primary N) is 1. The number of hydrogen-bond acceptors (Lipinski definition) is 3. The largest absolute Gasteiger partial charge is 0.370 e. The molecule has 0 aliphatic heterocycles. The lowest BCUT2D eigenvalue weighted by atomic mass is 10.1. The number of halogens is 2. The Morgan fingerprint density at radius 1 is 1.05 bits per heavy atom. The molecule has 0 saturated carbocycles. The highest BCUT2D eigenvalue weighted by Gasteiger charge is 2.12. The molecular formula is C15H11Cl2N5. The monoisotopic (exact) mass is 331 g/mol. The van der Waals surface area contributed by atoms with Crippen LogP contribution in [0.1, 0.15) is 0 Å². The summed E-state index contributed by atoms with van der Waals surface area (Å²) in [5, 5.41) is 11.5. The number of hydrogen-bond donors (Lipinski definition) is 3. The predicted molar refractivity (Wildman–Crippen MR) is 90.5 cm³/mol. The molecule has 5 nitrogen and oxygen atoms in total. The van der Waals surface area contributed by atoms with Crippen molar-refractivity contribution in [1.82, 2.24) is 9.97 Å². The van der Waals surface area contributed by atoms with E-state index in [2.05, 4.69) is 15.3 Å². The summed E-state index contributed by atoms with van der Waals surface area (Å²) in [6.45, 7) is 0. The second-order valence-electron chi connectivity index (χ2n) is 4.58. The van der Waals surface area contributed by atoms with Gasteiger partial charge >= 0.3 is 0 Å². The normalized spacial score (nSPS) is 10.6. The first-order valence-corrected chi connectivity index (χ1v) is 7.13. The van der Waals surface area contributed by atoms with E-state index in [0.29, 0.717) is 21.3 Å². The van der Waals surface area contributed by atoms with Crippen molar-refractivity contribution in [2.75, 3.05) is 5.32 Å². The molecule has 3 rings (SSSR count). The molecule has 0 unspecified atom stereocenters. The van der Waals surface area contributed by atoms with E-state index < -0.39 is 0 Å². The summed E-state index contributed by atoms with van der Waals surface area (Å²) in [5.74, 6) is -0.00401. The lowest BCUT2D eigenvalue weighted by molar-refractivity contribution is 1.21. The molecule has 0 atom stereocenters. The summed E-state index contributed by atoms with van der Waals surface area (Å²) in [6, 6.07) is 13.0. The number of rotatable bonds is 2. The maximum atomic E-state index is 7.33. The summed E-state index contributed by atoms with van der Waals surface area (Å²) in [5.41, 5.74) is 7.56. The van der Waals surface area contributed by atoms with Gasteiger partial charge in [0.15, 0.2) is 5.96 Å². The molecule has 3 aromatic rings. The molecule has 7 heteroatoms. The summed E-state index contributed by atoms with van der Waals surface area (Å²) < 4.78 is 0. The third-order valence-corrected chi connectivity index (χ3v) is 3.75. The average molecular weight is 332 g/mol. The van der Waals surface area contributed by atoms with Crippen LogP contribution < -0.4 is 11.1 Å². The second kappa shape index (κ2) is 5.79. The molecule has 0 aliphatic rings. The summed E-state index contributed by atoms with van der Waals surface area (Å²) in [6.07, 6.45) is 0. The van der Waals surface area contributed by atoms with E-state index in [1.54, 1.807) is 12.1 Å². The minimum absolute atomic E-state index is 0.234. The number of nitrogens with one attached hydrogen (secondary N) is 2. The molecule has 0 amide bonds. The van der Waals surface area contributed by atoms with Crippen LogP contribution in [0, 0.1) is 5.41 Å². The zero-order valence-electron chi connectivity index (χ0n) is 11.3. The molecule has 110 valence electrons. The fourth-order valence-electron chi connectivity index (χ4n) is 2.12. The van der Waals surface area contributed by atoms with E-state index in [4.69, 9.17) is 34.3 Å². The molecule has 1 aromatic heterocycles. The van der Waals surface area contributed by atoms with E-state index in [1.807, 2.05) is 30.3 Å². The summed E-state index contributed by atoms with van der Waals surface area (Å²) in [7, 11) is 0. The lowest BCUT2D eigenvalue weighted by Gasteiger charge is -2.10. The van der Waals surface area contributed by atoms with Crippen LogP contribution >= 0.6 is 23.2 Å². The van der Waals surface area contributed by atoms with E-state index in [9.17, 15) is 0 Å². The smallest absolute Gasteiger partial charge is 0.230 e. The van der Waals surface area contributed by atoms with Crippen molar-refractivity contribution in [3.05, 3.63) is 52.5 Å². The zero-order valence-corrected chi connectivity index (χ0v) is 12.8. The first-order valence-electron chi connectivity index (χ1n) is 6.38.